The fourth-order valence-corrected chi connectivity index (χ4v) is 0.395. The van der Waals surface area contributed by atoms with Crippen LogP contribution in [0.1, 0.15) is 0 Å². The smallest absolute Gasteiger partial charge is 0.211 e. The molecule has 0 fully saturated rings. The quantitative estimate of drug-likeness (QED) is 0.342. The summed E-state index contributed by atoms with van der Waals surface area (Å²) in [6.07, 6.45) is 1.79. The summed E-state index contributed by atoms with van der Waals surface area (Å²) in [6, 6.07) is 0. The number of rotatable bonds is 3. The van der Waals surface area contributed by atoms with Crippen molar-refractivity contribution in [3.8, 4) is 0 Å². The molecule has 5 heteroatoms. The zero-order valence-electron chi connectivity index (χ0n) is 4.44. The van der Waals surface area contributed by atoms with Crippen LogP contribution in [0.15, 0.2) is 9.98 Å². The third-order valence-corrected chi connectivity index (χ3v) is 0.893. The van der Waals surface area contributed by atoms with E-state index in [4.69, 9.17) is 0 Å². The standard InChI is InChI=1S/C4H4N2O2S/c7-2-5-4(1-9)6-3-8/h4,9H,1H2. The molecule has 0 radical (unpaired) electrons. The molecule has 0 spiro atoms. The monoisotopic (exact) mass is 144 g/mol. The van der Waals surface area contributed by atoms with Gasteiger partial charge in [0.2, 0.25) is 12.2 Å². The van der Waals surface area contributed by atoms with Crippen LogP contribution in [-0.2, 0) is 9.59 Å². The zero-order chi connectivity index (χ0) is 7.11. The fraction of sp³-hybridized carbons (Fsp3) is 0.500. The second kappa shape index (κ2) is 5.25. The second-order valence-electron chi connectivity index (χ2n) is 1.10. The molecule has 0 aromatic rings. The molecule has 0 aliphatic heterocycles. The van der Waals surface area contributed by atoms with Gasteiger partial charge in [0.25, 0.3) is 0 Å². The first-order valence-electron chi connectivity index (χ1n) is 2.10. The average Bonchev–Trinajstić information content (AvgIpc) is 1.88. The Balaban J connectivity index is 3.97. The van der Waals surface area contributed by atoms with Gasteiger partial charge in [-0.05, 0) is 0 Å². The number of thiol groups is 1. The van der Waals surface area contributed by atoms with Crippen molar-refractivity contribution in [3.63, 3.8) is 0 Å². The molecule has 0 atom stereocenters. The molecule has 0 saturated carbocycles. The van der Waals surface area contributed by atoms with Crippen LogP contribution in [-0.4, -0.2) is 24.1 Å². The van der Waals surface area contributed by atoms with E-state index in [-0.39, 0.29) is 5.75 Å². The number of carbonyl (C=O) groups excluding carboxylic acids is 2. The first-order chi connectivity index (χ1) is 4.35. The van der Waals surface area contributed by atoms with E-state index in [1.807, 2.05) is 0 Å². The molecule has 4 nitrogen and oxygen atoms in total. The SMILES string of the molecule is O=C=NC(CS)N=C=O. The van der Waals surface area contributed by atoms with Crippen molar-refractivity contribution < 1.29 is 9.59 Å². The molecule has 0 aromatic carbocycles. The van der Waals surface area contributed by atoms with Crippen LogP contribution in [0.25, 0.3) is 0 Å². The van der Waals surface area contributed by atoms with Crippen molar-refractivity contribution in [2.75, 3.05) is 5.75 Å². The highest BCUT2D eigenvalue weighted by molar-refractivity contribution is 7.80. The number of nitrogens with zero attached hydrogens (tertiary/aromatic N) is 2. The Hall–Kier alpha value is -0.890. The van der Waals surface area contributed by atoms with Crippen LogP contribution in [0.3, 0.4) is 0 Å². The van der Waals surface area contributed by atoms with Crippen molar-refractivity contribution in [3.05, 3.63) is 0 Å². The van der Waals surface area contributed by atoms with Crippen molar-refractivity contribution >= 4 is 24.8 Å². The first kappa shape index (κ1) is 8.11. The summed E-state index contributed by atoms with van der Waals surface area (Å²) in [5, 5.41) is 0. The molecule has 0 saturated heterocycles. The Morgan fingerprint density at radius 1 is 1.33 bits per heavy atom. The molecule has 0 heterocycles. The third-order valence-electron chi connectivity index (χ3n) is 0.567. The van der Waals surface area contributed by atoms with E-state index in [0.29, 0.717) is 0 Å². The molecule has 0 amide bonds. The predicted molar refractivity (Wildman–Crippen MR) is 33.9 cm³/mol. The van der Waals surface area contributed by atoms with Crippen LogP contribution in [0.4, 0.5) is 0 Å². The lowest BCUT2D eigenvalue weighted by atomic mass is 10.6. The molecule has 0 unspecified atom stereocenters. The van der Waals surface area contributed by atoms with E-state index in [2.05, 4.69) is 22.6 Å². The Morgan fingerprint density at radius 3 is 2.00 bits per heavy atom. The highest BCUT2D eigenvalue weighted by Gasteiger charge is 1.97. The zero-order valence-corrected chi connectivity index (χ0v) is 5.34. The van der Waals surface area contributed by atoms with E-state index in [0.717, 1.165) is 0 Å². The van der Waals surface area contributed by atoms with Gasteiger partial charge in [-0.2, -0.15) is 22.6 Å². The number of hydrogen-bond acceptors (Lipinski definition) is 5. The normalized spacial score (nSPS) is 10.8. The third kappa shape index (κ3) is 3.67. The molecule has 0 bridgehead atoms. The molecule has 9 heavy (non-hydrogen) atoms. The summed E-state index contributed by atoms with van der Waals surface area (Å²) in [4.78, 5) is 25.3. The molecule has 0 aromatic heterocycles. The molecule has 0 aliphatic rings. The summed E-state index contributed by atoms with van der Waals surface area (Å²) < 4.78 is 0. The number of aliphatic imine (C=N–C) groups is 2. The minimum atomic E-state index is -0.719. The second-order valence-corrected chi connectivity index (χ2v) is 1.47. The van der Waals surface area contributed by atoms with Gasteiger partial charge in [0.05, 0.1) is 0 Å². The maximum atomic E-state index is 9.53. The minimum absolute atomic E-state index is 0.213. The fourth-order valence-electron chi connectivity index (χ4n) is 0.232. The van der Waals surface area contributed by atoms with E-state index >= 15 is 0 Å². The van der Waals surface area contributed by atoms with Crippen LogP contribution in [0.5, 0.6) is 0 Å². The van der Waals surface area contributed by atoms with Crippen molar-refractivity contribution in [1.29, 1.82) is 0 Å². The van der Waals surface area contributed by atoms with Crippen LogP contribution >= 0.6 is 12.6 Å². The maximum Gasteiger partial charge on any atom is 0.237 e. The van der Waals surface area contributed by atoms with Gasteiger partial charge in [0, 0.05) is 5.75 Å². The Kier molecular flexibility index (Phi) is 4.73. The highest BCUT2D eigenvalue weighted by atomic mass is 32.1. The number of isocyanates is 2. The van der Waals surface area contributed by atoms with Gasteiger partial charge in [-0.1, -0.05) is 0 Å². The predicted octanol–water partition coefficient (Wildman–Crippen LogP) is -0.0861. The van der Waals surface area contributed by atoms with E-state index in [1.165, 1.54) is 12.2 Å². The lowest BCUT2D eigenvalue weighted by molar-refractivity contribution is 0.554. The molecular weight excluding hydrogens is 140 g/mol. The first-order valence-corrected chi connectivity index (χ1v) is 2.73. The van der Waals surface area contributed by atoms with Gasteiger partial charge in [0.1, 0.15) is 0 Å². The average molecular weight is 144 g/mol. The number of hydrogen-bond donors (Lipinski definition) is 1. The summed E-state index contributed by atoms with van der Waals surface area (Å²) in [5.74, 6) is 0.213. The highest BCUT2D eigenvalue weighted by Crippen LogP contribution is 1.91. The van der Waals surface area contributed by atoms with Crippen molar-refractivity contribution in [2.24, 2.45) is 9.98 Å². The van der Waals surface area contributed by atoms with E-state index in [9.17, 15) is 9.59 Å². The summed E-state index contributed by atoms with van der Waals surface area (Å²) in [5.41, 5.74) is 0. The summed E-state index contributed by atoms with van der Waals surface area (Å²) in [6.45, 7) is 0. The summed E-state index contributed by atoms with van der Waals surface area (Å²) in [7, 11) is 0. The van der Waals surface area contributed by atoms with Crippen LogP contribution < -0.4 is 0 Å². The summed E-state index contributed by atoms with van der Waals surface area (Å²) >= 11 is 3.74. The molecule has 0 N–H and O–H groups in total. The lowest BCUT2D eigenvalue weighted by Gasteiger charge is -1.91. The van der Waals surface area contributed by atoms with Crippen LogP contribution in [0, 0.1) is 0 Å². The Labute approximate surface area is 57.1 Å². The maximum absolute atomic E-state index is 9.53. The Bertz CT molecular complexity index is 151. The van der Waals surface area contributed by atoms with E-state index < -0.39 is 6.17 Å². The molecular formula is C4H4N2O2S. The van der Waals surface area contributed by atoms with Crippen LogP contribution in [0.2, 0.25) is 0 Å². The van der Waals surface area contributed by atoms with Crippen molar-refractivity contribution in [1.82, 2.24) is 0 Å². The lowest BCUT2D eigenvalue weighted by Crippen LogP contribution is -2.00. The minimum Gasteiger partial charge on any atom is -0.211 e. The van der Waals surface area contributed by atoms with Crippen molar-refractivity contribution in [2.45, 2.75) is 6.17 Å². The molecule has 48 valence electrons. The topological polar surface area (TPSA) is 58.9 Å². The van der Waals surface area contributed by atoms with Gasteiger partial charge in [-0.15, -0.1) is 0 Å². The van der Waals surface area contributed by atoms with E-state index in [1.54, 1.807) is 0 Å². The van der Waals surface area contributed by atoms with Gasteiger partial charge in [0.15, 0.2) is 6.17 Å². The van der Waals surface area contributed by atoms with Gasteiger partial charge in [-0.25, -0.2) is 9.59 Å². The Morgan fingerprint density at radius 2 is 1.78 bits per heavy atom. The van der Waals surface area contributed by atoms with Gasteiger partial charge >= 0.3 is 0 Å². The molecule has 0 rings (SSSR count). The van der Waals surface area contributed by atoms with Gasteiger partial charge < -0.3 is 0 Å². The largest absolute Gasteiger partial charge is 0.237 e. The molecule has 0 aliphatic carbocycles. The van der Waals surface area contributed by atoms with Gasteiger partial charge in [-0.3, -0.25) is 0 Å².